The lowest BCUT2D eigenvalue weighted by atomic mass is 9.88. The fourth-order valence-electron chi connectivity index (χ4n) is 5.84. The molecule has 0 atom stereocenters. The maximum Gasteiger partial charge on any atom is 0.227 e. The average molecular weight is 560 g/mol. The lowest BCUT2D eigenvalue weighted by molar-refractivity contribution is -0.120. The summed E-state index contributed by atoms with van der Waals surface area (Å²) in [5.41, 5.74) is 7.40. The van der Waals surface area contributed by atoms with Crippen LogP contribution in [0.15, 0.2) is 73.1 Å². The lowest BCUT2D eigenvalue weighted by Crippen LogP contribution is -2.24. The van der Waals surface area contributed by atoms with Gasteiger partial charge in [-0.15, -0.1) is 11.3 Å². The molecular formula is C33H29N5O2S. The number of carbonyl (C=O) groups excluding carboxylic acids is 2. The van der Waals surface area contributed by atoms with Gasteiger partial charge in [0, 0.05) is 44.4 Å². The summed E-state index contributed by atoms with van der Waals surface area (Å²) in [6.45, 7) is 1.60. The van der Waals surface area contributed by atoms with Gasteiger partial charge < -0.3 is 10.3 Å². The molecule has 1 aliphatic carbocycles. The molecule has 7 nitrogen and oxygen atoms in total. The van der Waals surface area contributed by atoms with Crippen molar-refractivity contribution in [2.24, 2.45) is 5.92 Å². The number of carbonyl (C=O) groups is 2. The molecule has 0 radical (unpaired) electrons. The molecule has 0 spiro atoms. The van der Waals surface area contributed by atoms with Crippen molar-refractivity contribution >= 4 is 50.5 Å². The SMILES string of the molecule is CC(=O)c1ccc(-c2cccc3[nH]c(-c4n[nH]c5ccc(-c6cncc(NC(=O)C7CCCCC7)c6)cc45)cc23)s1. The number of thiophene rings is 1. The fraction of sp³-hybridized carbons (Fsp3) is 0.212. The van der Waals surface area contributed by atoms with Crippen LogP contribution in [0, 0.1) is 5.92 Å². The first kappa shape index (κ1) is 25.4. The molecule has 0 aliphatic heterocycles. The molecule has 0 saturated heterocycles. The molecule has 4 heterocycles. The predicted molar refractivity (Wildman–Crippen MR) is 165 cm³/mol. The van der Waals surface area contributed by atoms with E-state index in [-0.39, 0.29) is 17.6 Å². The highest BCUT2D eigenvalue weighted by atomic mass is 32.1. The Morgan fingerprint density at radius 3 is 2.61 bits per heavy atom. The van der Waals surface area contributed by atoms with E-state index in [4.69, 9.17) is 0 Å². The molecule has 0 unspecified atom stereocenters. The number of aromatic nitrogens is 4. The van der Waals surface area contributed by atoms with Gasteiger partial charge in [0.1, 0.15) is 5.69 Å². The van der Waals surface area contributed by atoms with Crippen LogP contribution < -0.4 is 5.32 Å². The van der Waals surface area contributed by atoms with E-state index >= 15 is 0 Å². The second kappa shape index (κ2) is 10.4. The van der Waals surface area contributed by atoms with Gasteiger partial charge in [0.25, 0.3) is 0 Å². The van der Waals surface area contributed by atoms with Gasteiger partial charge >= 0.3 is 0 Å². The van der Waals surface area contributed by atoms with E-state index in [0.717, 1.165) is 91.0 Å². The lowest BCUT2D eigenvalue weighted by Gasteiger charge is -2.20. The van der Waals surface area contributed by atoms with Gasteiger partial charge in [-0.25, -0.2) is 0 Å². The van der Waals surface area contributed by atoms with Gasteiger partial charge in [-0.3, -0.25) is 19.7 Å². The van der Waals surface area contributed by atoms with E-state index in [2.05, 4.69) is 49.7 Å². The Labute approximate surface area is 241 Å². The maximum atomic E-state index is 12.8. The molecule has 2 aromatic carbocycles. The van der Waals surface area contributed by atoms with Gasteiger partial charge in [0.2, 0.25) is 5.91 Å². The molecule has 8 heteroatoms. The second-order valence-corrected chi connectivity index (χ2v) is 11.9. The van der Waals surface area contributed by atoms with Crippen LogP contribution in [0.2, 0.25) is 0 Å². The third-order valence-electron chi connectivity index (χ3n) is 8.02. The number of Topliss-reactive ketones (excluding diaryl/α,β-unsaturated/α-hetero) is 1. The Bertz CT molecular complexity index is 1920. The van der Waals surface area contributed by atoms with Crippen LogP contribution in [0.3, 0.4) is 0 Å². The number of H-pyrrole nitrogens is 2. The van der Waals surface area contributed by atoms with Crippen molar-refractivity contribution in [3.05, 3.63) is 77.9 Å². The van der Waals surface area contributed by atoms with Crippen molar-refractivity contribution in [3.8, 4) is 33.0 Å². The monoisotopic (exact) mass is 559 g/mol. The Morgan fingerprint density at radius 2 is 1.78 bits per heavy atom. The number of benzene rings is 2. The number of nitrogens with zero attached hydrogens (tertiary/aromatic N) is 2. The number of aromatic amines is 2. The van der Waals surface area contributed by atoms with Gasteiger partial charge in [-0.05, 0) is 67.8 Å². The molecule has 1 amide bonds. The van der Waals surface area contributed by atoms with Crippen molar-refractivity contribution in [2.45, 2.75) is 39.0 Å². The highest BCUT2D eigenvalue weighted by Crippen LogP contribution is 2.38. The number of hydrogen-bond donors (Lipinski definition) is 3. The topological polar surface area (TPSA) is 104 Å². The number of hydrogen-bond acceptors (Lipinski definition) is 5. The number of anilines is 1. The Kier molecular flexibility index (Phi) is 6.47. The van der Waals surface area contributed by atoms with Gasteiger partial charge in [0.15, 0.2) is 5.78 Å². The Balaban J connectivity index is 1.22. The Hall–Kier alpha value is -4.56. The number of nitrogens with one attached hydrogen (secondary N) is 3. The number of pyridine rings is 1. The first-order chi connectivity index (χ1) is 20.0. The van der Waals surface area contributed by atoms with Crippen molar-refractivity contribution < 1.29 is 9.59 Å². The number of rotatable bonds is 6. The zero-order chi connectivity index (χ0) is 27.9. The molecule has 41 heavy (non-hydrogen) atoms. The fourth-order valence-corrected chi connectivity index (χ4v) is 6.78. The smallest absolute Gasteiger partial charge is 0.227 e. The average Bonchev–Trinajstić information content (AvgIpc) is 3.75. The summed E-state index contributed by atoms with van der Waals surface area (Å²) >= 11 is 1.51. The van der Waals surface area contributed by atoms with Crippen LogP contribution in [0.5, 0.6) is 0 Å². The molecule has 0 bridgehead atoms. The number of fused-ring (bicyclic) bond motifs is 2. The molecular weight excluding hydrogens is 530 g/mol. The van der Waals surface area contributed by atoms with Crippen molar-refractivity contribution in [1.82, 2.24) is 20.2 Å². The molecule has 7 rings (SSSR count). The normalized spacial score (nSPS) is 14.1. The highest BCUT2D eigenvalue weighted by molar-refractivity contribution is 7.17. The molecule has 6 aromatic rings. The van der Waals surface area contributed by atoms with Crippen LogP contribution in [0.25, 0.3) is 54.8 Å². The number of amides is 1. The van der Waals surface area contributed by atoms with Crippen LogP contribution in [0.1, 0.15) is 48.7 Å². The Morgan fingerprint density at radius 1 is 0.902 bits per heavy atom. The summed E-state index contributed by atoms with van der Waals surface area (Å²) in [7, 11) is 0. The third kappa shape index (κ3) is 4.85. The summed E-state index contributed by atoms with van der Waals surface area (Å²) in [6.07, 6.45) is 8.91. The standard InChI is InChI=1S/C33H29N5O2S/c1-19(39)30-12-13-31(41-30)24-8-5-9-27-25(24)16-29(36-27)32-26-15-21(10-11-28(26)37-38-32)22-14-23(18-34-17-22)35-33(40)20-6-3-2-4-7-20/h5,8-18,20,36H,2-4,6-7H2,1H3,(H,35,40)(H,37,38). The van der Waals surface area contributed by atoms with E-state index in [1.165, 1.54) is 17.8 Å². The minimum Gasteiger partial charge on any atom is -0.353 e. The van der Waals surface area contributed by atoms with E-state index in [9.17, 15) is 9.59 Å². The zero-order valence-electron chi connectivity index (χ0n) is 22.7. The van der Waals surface area contributed by atoms with Crippen LogP contribution in [-0.4, -0.2) is 31.9 Å². The summed E-state index contributed by atoms with van der Waals surface area (Å²) in [5.74, 6) is 0.258. The van der Waals surface area contributed by atoms with Gasteiger partial charge in [0.05, 0.1) is 28.0 Å². The van der Waals surface area contributed by atoms with E-state index in [1.807, 2.05) is 42.6 Å². The van der Waals surface area contributed by atoms with E-state index in [1.54, 1.807) is 13.1 Å². The maximum absolute atomic E-state index is 12.8. The predicted octanol–water partition coefficient (Wildman–Crippen LogP) is 8.22. The largest absolute Gasteiger partial charge is 0.353 e. The summed E-state index contributed by atoms with van der Waals surface area (Å²) in [4.78, 5) is 34.5. The first-order valence-electron chi connectivity index (χ1n) is 14.0. The second-order valence-electron chi connectivity index (χ2n) is 10.8. The van der Waals surface area contributed by atoms with Crippen LogP contribution >= 0.6 is 11.3 Å². The molecule has 3 N–H and O–H groups in total. The van der Waals surface area contributed by atoms with Crippen molar-refractivity contribution in [3.63, 3.8) is 0 Å². The van der Waals surface area contributed by atoms with E-state index < -0.39 is 0 Å². The first-order valence-corrected chi connectivity index (χ1v) is 14.8. The summed E-state index contributed by atoms with van der Waals surface area (Å²) < 4.78 is 0. The number of ketones is 1. The highest BCUT2D eigenvalue weighted by Gasteiger charge is 2.21. The molecule has 204 valence electrons. The zero-order valence-corrected chi connectivity index (χ0v) is 23.5. The van der Waals surface area contributed by atoms with Gasteiger partial charge in [-0.2, -0.15) is 5.10 Å². The van der Waals surface area contributed by atoms with E-state index in [0.29, 0.717) is 0 Å². The molecule has 1 fully saturated rings. The molecule has 1 saturated carbocycles. The summed E-state index contributed by atoms with van der Waals surface area (Å²) in [6, 6.07) is 20.4. The quantitative estimate of drug-likeness (QED) is 0.179. The molecule has 4 aromatic heterocycles. The molecule has 1 aliphatic rings. The van der Waals surface area contributed by atoms with Crippen molar-refractivity contribution in [2.75, 3.05) is 5.32 Å². The van der Waals surface area contributed by atoms with Crippen LogP contribution in [-0.2, 0) is 4.79 Å². The van der Waals surface area contributed by atoms with Crippen LogP contribution in [0.4, 0.5) is 5.69 Å². The summed E-state index contributed by atoms with van der Waals surface area (Å²) in [5, 5.41) is 13.0. The minimum atomic E-state index is 0.0781. The van der Waals surface area contributed by atoms with Gasteiger partial charge in [-0.1, -0.05) is 37.5 Å². The third-order valence-corrected chi connectivity index (χ3v) is 9.23. The minimum absolute atomic E-state index is 0.0781. The van der Waals surface area contributed by atoms with Crippen molar-refractivity contribution in [1.29, 1.82) is 0 Å².